The summed E-state index contributed by atoms with van der Waals surface area (Å²) in [6.07, 6.45) is 4.29. The van der Waals surface area contributed by atoms with Gasteiger partial charge in [0, 0.05) is 6.61 Å². The minimum Gasteiger partial charge on any atom is -0.367 e. The van der Waals surface area contributed by atoms with Gasteiger partial charge in [-0.05, 0) is 55.5 Å². The van der Waals surface area contributed by atoms with Gasteiger partial charge in [0.1, 0.15) is 10.8 Å². The second-order valence-electron chi connectivity index (χ2n) is 4.37. The fraction of sp³-hybridized carbons (Fsp3) is 0.667. The largest absolute Gasteiger partial charge is 0.367 e. The van der Waals surface area contributed by atoms with Gasteiger partial charge in [-0.2, -0.15) is 0 Å². The molecule has 0 bridgehead atoms. The molecule has 17 heavy (non-hydrogen) atoms. The molecule has 0 N–H and O–H groups in total. The van der Waals surface area contributed by atoms with Gasteiger partial charge < -0.3 is 4.74 Å². The van der Waals surface area contributed by atoms with Gasteiger partial charge in [-0.1, -0.05) is 11.6 Å². The van der Waals surface area contributed by atoms with Gasteiger partial charge >= 0.3 is 0 Å². The van der Waals surface area contributed by atoms with Crippen molar-refractivity contribution < 1.29 is 4.74 Å². The van der Waals surface area contributed by atoms with Crippen molar-refractivity contribution in [3.8, 4) is 0 Å². The maximum absolute atomic E-state index is 6.11. The van der Waals surface area contributed by atoms with E-state index in [0.717, 1.165) is 41.7 Å². The molecule has 0 spiro atoms. The molecule has 0 aliphatic heterocycles. The first kappa shape index (κ1) is 13.2. The molecule has 1 heterocycles. The van der Waals surface area contributed by atoms with Crippen LogP contribution in [0.2, 0.25) is 5.15 Å². The predicted octanol–water partition coefficient (Wildman–Crippen LogP) is 4.01. The lowest BCUT2D eigenvalue weighted by atomic mass is 10.0. The third kappa shape index (κ3) is 2.49. The monoisotopic (exact) mass is 318 g/mol. The second kappa shape index (κ2) is 5.21. The van der Waals surface area contributed by atoms with Gasteiger partial charge in [-0.15, -0.1) is 0 Å². The standard InChI is InChI=1S/C12H16BrClN2O/c1-3-17-12(6-4-5-7-12)11-15-8(2)9(13)10(14)16-11/h3-7H2,1-2H3. The summed E-state index contributed by atoms with van der Waals surface area (Å²) in [7, 11) is 0. The van der Waals surface area contributed by atoms with E-state index in [1.807, 2.05) is 13.8 Å². The highest BCUT2D eigenvalue weighted by molar-refractivity contribution is 9.10. The van der Waals surface area contributed by atoms with Crippen molar-refractivity contribution in [1.29, 1.82) is 0 Å². The molecular weight excluding hydrogens is 304 g/mol. The molecule has 0 amide bonds. The highest BCUT2D eigenvalue weighted by Crippen LogP contribution is 2.41. The fourth-order valence-corrected chi connectivity index (χ4v) is 2.78. The zero-order valence-electron chi connectivity index (χ0n) is 10.1. The summed E-state index contributed by atoms with van der Waals surface area (Å²) in [4.78, 5) is 8.93. The van der Waals surface area contributed by atoms with Crippen LogP contribution in [-0.4, -0.2) is 16.6 Å². The Morgan fingerprint density at radius 1 is 1.35 bits per heavy atom. The van der Waals surface area contributed by atoms with E-state index in [1.165, 1.54) is 0 Å². The highest BCUT2D eigenvalue weighted by Gasteiger charge is 2.39. The molecule has 1 fully saturated rings. The first-order valence-electron chi connectivity index (χ1n) is 5.93. The molecule has 5 heteroatoms. The summed E-state index contributed by atoms with van der Waals surface area (Å²) in [5.41, 5.74) is 0.551. The Morgan fingerprint density at radius 2 is 2.00 bits per heavy atom. The van der Waals surface area contributed by atoms with Crippen LogP contribution in [0, 0.1) is 6.92 Å². The lowest BCUT2D eigenvalue weighted by Gasteiger charge is -2.27. The van der Waals surface area contributed by atoms with E-state index >= 15 is 0 Å². The van der Waals surface area contributed by atoms with E-state index < -0.39 is 0 Å². The molecule has 1 saturated carbocycles. The van der Waals surface area contributed by atoms with Crippen molar-refractivity contribution >= 4 is 27.5 Å². The minimum atomic E-state index is -0.316. The van der Waals surface area contributed by atoms with Crippen molar-refractivity contribution in [2.45, 2.75) is 45.1 Å². The molecule has 3 nitrogen and oxygen atoms in total. The number of hydrogen-bond donors (Lipinski definition) is 0. The van der Waals surface area contributed by atoms with Crippen LogP contribution in [0.1, 0.15) is 44.1 Å². The van der Waals surface area contributed by atoms with E-state index in [0.29, 0.717) is 11.8 Å². The third-order valence-electron chi connectivity index (χ3n) is 3.22. The van der Waals surface area contributed by atoms with Gasteiger partial charge in [-0.25, -0.2) is 9.97 Å². The van der Waals surface area contributed by atoms with Gasteiger partial charge in [0.15, 0.2) is 5.82 Å². The summed E-state index contributed by atoms with van der Waals surface area (Å²) >= 11 is 9.49. The molecule has 0 saturated heterocycles. The van der Waals surface area contributed by atoms with Crippen LogP contribution in [0.25, 0.3) is 0 Å². The molecule has 0 unspecified atom stereocenters. The maximum atomic E-state index is 6.11. The van der Waals surface area contributed by atoms with Crippen LogP contribution in [0.4, 0.5) is 0 Å². The lowest BCUT2D eigenvalue weighted by molar-refractivity contribution is -0.0458. The topological polar surface area (TPSA) is 35.0 Å². The Hall–Kier alpha value is -0.190. The number of halogens is 2. The molecule has 1 aromatic heterocycles. The quantitative estimate of drug-likeness (QED) is 0.790. The van der Waals surface area contributed by atoms with Crippen LogP contribution < -0.4 is 0 Å². The van der Waals surface area contributed by atoms with Gasteiger partial charge in [0.05, 0.1) is 10.2 Å². The van der Waals surface area contributed by atoms with Crippen molar-refractivity contribution in [3.05, 3.63) is 21.1 Å². The van der Waals surface area contributed by atoms with E-state index in [4.69, 9.17) is 16.3 Å². The number of ether oxygens (including phenoxy) is 1. The lowest BCUT2D eigenvalue weighted by Crippen LogP contribution is -2.29. The van der Waals surface area contributed by atoms with Crippen molar-refractivity contribution in [2.24, 2.45) is 0 Å². The molecule has 0 atom stereocenters. The number of aromatic nitrogens is 2. The highest BCUT2D eigenvalue weighted by atomic mass is 79.9. The van der Waals surface area contributed by atoms with Crippen molar-refractivity contribution in [2.75, 3.05) is 6.61 Å². The van der Waals surface area contributed by atoms with E-state index in [-0.39, 0.29) is 5.60 Å². The molecule has 94 valence electrons. The SMILES string of the molecule is CCOC1(c2nc(C)c(Br)c(Cl)n2)CCCC1. The Bertz CT molecular complexity index is 396. The van der Waals surface area contributed by atoms with Crippen molar-refractivity contribution in [3.63, 3.8) is 0 Å². The second-order valence-corrected chi connectivity index (χ2v) is 5.52. The molecule has 2 rings (SSSR count). The van der Waals surface area contributed by atoms with Crippen LogP contribution in [0.5, 0.6) is 0 Å². The average Bonchev–Trinajstić information content (AvgIpc) is 2.75. The van der Waals surface area contributed by atoms with Crippen LogP contribution in [-0.2, 0) is 10.3 Å². The first-order valence-corrected chi connectivity index (χ1v) is 7.10. The minimum absolute atomic E-state index is 0.316. The van der Waals surface area contributed by atoms with Gasteiger partial charge in [-0.3, -0.25) is 0 Å². The molecular formula is C12H16BrClN2O. The Kier molecular flexibility index (Phi) is 4.06. The number of aryl methyl sites for hydroxylation is 1. The summed E-state index contributed by atoms with van der Waals surface area (Å²) in [5, 5.41) is 0.471. The molecule has 0 aromatic carbocycles. The number of nitrogens with zero attached hydrogens (tertiary/aromatic N) is 2. The Balaban J connectivity index is 2.43. The zero-order chi connectivity index (χ0) is 12.5. The predicted molar refractivity (Wildman–Crippen MR) is 71.3 cm³/mol. The van der Waals surface area contributed by atoms with E-state index in [1.54, 1.807) is 0 Å². The van der Waals surface area contributed by atoms with Crippen LogP contribution >= 0.6 is 27.5 Å². The summed E-state index contributed by atoms with van der Waals surface area (Å²) in [6, 6.07) is 0. The molecule has 1 aliphatic carbocycles. The van der Waals surface area contributed by atoms with E-state index in [9.17, 15) is 0 Å². The molecule has 1 aromatic rings. The average molecular weight is 320 g/mol. The third-order valence-corrected chi connectivity index (χ3v) is 4.67. The summed E-state index contributed by atoms with van der Waals surface area (Å²) in [6.45, 7) is 4.61. The number of hydrogen-bond acceptors (Lipinski definition) is 3. The van der Waals surface area contributed by atoms with Gasteiger partial charge in [0.2, 0.25) is 0 Å². The molecule has 1 aliphatic rings. The summed E-state index contributed by atoms with van der Waals surface area (Å²) < 4.78 is 6.70. The smallest absolute Gasteiger partial charge is 0.162 e. The Labute approximate surface area is 115 Å². The fourth-order valence-electron chi connectivity index (χ4n) is 2.38. The van der Waals surface area contributed by atoms with Crippen molar-refractivity contribution in [1.82, 2.24) is 9.97 Å². The first-order chi connectivity index (χ1) is 8.09. The van der Waals surface area contributed by atoms with Crippen LogP contribution in [0.15, 0.2) is 4.47 Å². The maximum Gasteiger partial charge on any atom is 0.162 e. The van der Waals surface area contributed by atoms with E-state index in [2.05, 4.69) is 25.9 Å². The number of rotatable bonds is 3. The van der Waals surface area contributed by atoms with Gasteiger partial charge in [0.25, 0.3) is 0 Å². The normalized spacial score (nSPS) is 18.6. The zero-order valence-corrected chi connectivity index (χ0v) is 12.4. The molecule has 0 radical (unpaired) electrons. The Morgan fingerprint density at radius 3 is 2.53 bits per heavy atom. The summed E-state index contributed by atoms with van der Waals surface area (Å²) in [5.74, 6) is 0.738. The van der Waals surface area contributed by atoms with Crippen LogP contribution in [0.3, 0.4) is 0 Å².